The Bertz CT molecular complexity index is 897. The summed E-state index contributed by atoms with van der Waals surface area (Å²) in [5.41, 5.74) is 3.46. The fraction of sp³-hybridized carbons (Fsp3) is 0.0556. The molecule has 21 heavy (non-hydrogen) atoms. The van der Waals surface area contributed by atoms with Gasteiger partial charge in [0.05, 0.1) is 0 Å². The molecule has 0 aliphatic carbocycles. The number of benzene rings is 2. The summed E-state index contributed by atoms with van der Waals surface area (Å²) in [5.74, 6) is 0.991. The minimum absolute atomic E-state index is 0.956. The summed E-state index contributed by atoms with van der Waals surface area (Å²) in [6.45, 7) is 0. The summed E-state index contributed by atoms with van der Waals surface area (Å²) in [6.07, 6.45) is 1.82. The van der Waals surface area contributed by atoms with Crippen molar-refractivity contribution in [1.29, 1.82) is 0 Å². The Morgan fingerprint density at radius 3 is 2.71 bits per heavy atom. The molecule has 0 saturated carbocycles. The van der Waals surface area contributed by atoms with Crippen LogP contribution in [0.3, 0.4) is 0 Å². The second kappa shape index (κ2) is 5.26. The van der Waals surface area contributed by atoms with Crippen LogP contribution in [0.4, 0.5) is 0 Å². The SMILES string of the molecule is c1ccc(CSc2ccc3c(c2)[nH]c2ncccc23)cc1. The van der Waals surface area contributed by atoms with Gasteiger partial charge >= 0.3 is 0 Å². The van der Waals surface area contributed by atoms with Gasteiger partial charge in [-0.1, -0.05) is 36.4 Å². The van der Waals surface area contributed by atoms with Crippen LogP contribution >= 0.6 is 11.8 Å². The number of hydrogen-bond acceptors (Lipinski definition) is 2. The summed E-state index contributed by atoms with van der Waals surface area (Å²) in [6, 6.07) is 21.2. The van der Waals surface area contributed by atoms with Gasteiger partial charge in [-0.15, -0.1) is 11.8 Å². The Hall–Kier alpha value is -2.26. The van der Waals surface area contributed by atoms with Crippen LogP contribution in [-0.4, -0.2) is 9.97 Å². The summed E-state index contributed by atoms with van der Waals surface area (Å²) in [5, 5.41) is 2.43. The molecule has 4 aromatic rings. The van der Waals surface area contributed by atoms with Crippen LogP contribution in [0.1, 0.15) is 5.56 Å². The molecule has 0 saturated heterocycles. The Labute approximate surface area is 127 Å². The molecule has 4 rings (SSSR count). The van der Waals surface area contributed by atoms with Crippen LogP contribution in [0.2, 0.25) is 0 Å². The Morgan fingerprint density at radius 2 is 1.81 bits per heavy atom. The van der Waals surface area contributed by atoms with Crippen LogP contribution in [0.25, 0.3) is 21.9 Å². The zero-order valence-electron chi connectivity index (χ0n) is 11.4. The average Bonchev–Trinajstić information content (AvgIpc) is 2.91. The topological polar surface area (TPSA) is 28.7 Å². The molecule has 102 valence electrons. The molecule has 0 amide bonds. The molecule has 0 unspecified atom stereocenters. The van der Waals surface area contributed by atoms with Crippen molar-refractivity contribution in [3.8, 4) is 0 Å². The highest BCUT2D eigenvalue weighted by Gasteiger charge is 2.05. The van der Waals surface area contributed by atoms with Gasteiger partial charge in [-0.05, 0) is 29.8 Å². The number of aromatic nitrogens is 2. The molecule has 0 aliphatic rings. The summed E-state index contributed by atoms with van der Waals surface area (Å²) >= 11 is 1.86. The number of nitrogens with zero attached hydrogens (tertiary/aromatic N) is 1. The molecule has 2 aromatic carbocycles. The molecule has 0 radical (unpaired) electrons. The van der Waals surface area contributed by atoms with E-state index in [1.54, 1.807) is 0 Å². The van der Waals surface area contributed by atoms with E-state index >= 15 is 0 Å². The van der Waals surface area contributed by atoms with Gasteiger partial charge in [-0.2, -0.15) is 0 Å². The highest BCUT2D eigenvalue weighted by molar-refractivity contribution is 7.98. The molecule has 2 heterocycles. The van der Waals surface area contributed by atoms with Crippen molar-refractivity contribution < 1.29 is 0 Å². The minimum Gasteiger partial charge on any atom is -0.339 e. The standard InChI is InChI=1S/C18H14N2S/c1-2-5-13(6-3-1)12-21-14-8-9-15-16-7-4-10-19-18(16)20-17(15)11-14/h1-11H,12H2,(H,19,20). The zero-order chi connectivity index (χ0) is 14.1. The predicted octanol–water partition coefficient (Wildman–Crippen LogP) is 5.01. The number of aromatic amines is 1. The number of nitrogens with one attached hydrogen (secondary N) is 1. The van der Waals surface area contributed by atoms with Crippen LogP contribution in [0.5, 0.6) is 0 Å². The van der Waals surface area contributed by atoms with E-state index < -0.39 is 0 Å². The van der Waals surface area contributed by atoms with Gasteiger partial charge in [0.1, 0.15) is 5.65 Å². The highest BCUT2D eigenvalue weighted by atomic mass is 32.2. The van der Waals surface area contributed by atoms with E-state index in [2.05, 4.69) is 64.6 Å². The number of thioether (sulfide) groups is 1. The number of H-pyrrole nitrogens is 1. The normalized spacial score (nSPS) is 11.2. The van der Waals surface area contributed by atoms with Gasteiger partial charge in [0.15, 0.2) is 0 Å². The van der Waals surface area contributed by atoms with Crippen LogP contribution in [-0.2, 0) is 5.75 Å². The monoisotopic (exact) mass is 290 g/mol. The summed E-state index contributed by atoms with van der Waals surface area (Å²) in [4.78, 5) is 9.05. The lowest BCUT2D eigenvalue weighted by atomic mass is 10.2. The van der Waals surface area contributed by atoms with Gasteiger partial charge in [0.25, 0.3) is 0 Å². The smallest absolute Gasteiger partial charge is 0.138 e. The first-order valence-electron chi connectivity index (χ1n) is 6.93. The van der Waals surface area contributed by atoms with Crippen molar-refractivity contribution in [3.63, 3.8) is 0 Å². The second-order valence-corrected chi connectivity index (χ2v) is 6.05. The Kier molecular flexibility index (Phi) is 3.13. The lowest BCUT2D eigenvalue weighted by Crippen LogP contribution is -1.79. The molecule has 0 fully saturated rings. The fourth-order valence-electron chi connectivity index (χ4n) is 2.54. The fourth-order valence-corrected chi connectivity index (χ4v) is 3.43. The van der Waals surface area contributed by atoms with E-state index in [9.17, 15) is 0 Å². The van der Waals surface area contributed by atoms with Gasteiger partial charge in [0.2, 0.25) is 0 Å². The van der Waals surface area contributed by atoms with Crippen molar-refractivity contribution >= 4 is 33.7 Å². The second-order valence-electron chi connectivity index (χ2n) is 5.01. The highest BCUT2D eigenvalue weighted by Crippen LogP contribution is 2.29. The van der Waals surface area contributed by atoms with Gasteiger partial charge in [0, 0.05) is 33.1 Å². The van der Waals surface area contributed by atoms with Crippen LogP contribution in [0.15, 0.2) is 71.8 Å². The van der Waals surface area contributed by atoms with Crippen molar-refractivity contribution in [3.05, 3.63) is 72.4 Å². The molecular formula is C18H14N2S. The van der Waals surface area contributed by atoms with Crippen molar-refractivity contribution in [2.45, 2.75) is 10.6 Å². The first-order chi connectivity index (χ1) is 10.4. The molecule has 3 heteroatoms. The lowest BCUT2D eigenvalue weighted by molar-refractivity contribution is 1.34. The van der Waals surface area contributed by atoms with Crippen LogP contribution in [0, 0.1) is 0 Å². The summed E-state index contributed by atoms with van der Waals surface area (Å²) < 4.78 is 0. The largest absolute Gasteiger partial charge is 0.339 e. The van der Waals surface area contributed by atoms with E-state index in [0.717, 1.165) is 16.9 Å². The third-order valence-electron chi connectivity index (χ3n) is 3.59. The number of rotatable bonds is 3. The first-order valence-corrected chi connectivity index (χ1v) is 7.92. The maximum Gasteiger partial charge on any atom is 0.138 e. The van der Waals surface area contributed by atoms with Crippen molar-refractivity contribution in [1.82, 2.24) is 9.97 Å². The lowest BCUT2D eigenvalue weighted by Gasteiger charge is -2.02. The van der Waals surface area contributed by atoms with E-state index in [0.29, 0.717) is 0 Å². The quantitative estimate of drug-likeness (QED) is 0.537. The number of pyridine rings is 1. The predicted molar refractivity (Wildman–Crippen MR) is 89.6 cm³/mol. The molecular weight excluding hydrogens is 276 g/mol. The molecule has 0 bridgehead atoms. The Morgan fingerprint density at radius 1 is 0.905 bits per heavy atom. The number of hydrogen-bond donors (Lipinski definition) is 1. The molecule has 1 N–H and O–H groups in total. The van der Waals surface area contributed by atoms with Crippen LogP contribution < -0.4 is 0 Å². The Balaban J connectivity index is 1.66. The number of fused-ring (bicyclic) bond motifs is 3. The maximum absolute atomic E-state index is 4.38. The third-order valence-corrected chi connectivity index (χ3v) is 4.66. The minimum atomic E-state index is 0.956. The van der Waals surface area contributed by atoms with E-state index in [-0.39, 0.29) is 0 Å². The third kappa shape index (κ3) is 2.41. The molecule has 2 nitrogen and oxygen atoms in total. The van der Waals surface area contributed by atoms with E-state index in [4.69, 9.17) is 0 Å². The maximum atomic E-state index is 4.38. The summed E-state index contributed by atoms with van der Waals surface area (Å²) in [7, 11) is 0. The molecule has 2 aromatic heterocycles. The van der Waals surface area contributed by atoms with Gasteiger partial charge in [-0.3, -0.25) is 0 Å². The van der Waals surface area contributed by atoms with E-state index in [1.165, 1.54) is 21.2 Å². The molecule has 0 aliphatic heterocycles. The first kappa shape index (κ1) is 12.5. The molecule has 0 atom stereocenters. The molecule has 0 spiro atoms. The van der Waals surface area contributed by atoms with Crippen molar-refractivity contribution in [2.24, 2.45) is 0 Å². The van der Waals surface area contributed by atoms with Gasteiger partial charge in [-0.25, -0.2) is 4.98 Å². The zero-order valence-corrected chi connectivity index (χ0v) is 12.2. The van der Waals surface area contributed by atoms with E-state index in [1.807, 2.05) is 24.0 Å². The average molecular weight is 290 g/mol. The van der Waals surface area contributed by atoms with Gasteiger partial charge < -0.3 is 4.98 Å². The van der Waals surface area contributed by atoms with Crippen molar-refractivity contribution in [2.75, 3.05) is 0 Å².